The molecule has 1 atom stereocenters. The molecule has 2 aliphatic rings. The highest BCUT2D eigenvalue weighted by Crippen LogP contribution is 2.37. The molecule has 21 heavy (non-hydrogen) atoms. The number of nitrogens with one attached hydrogen (secondary N) is 1. The van der Waals surface area contributed by atoms with Crippen LogP contribution in [-0.2, 0) is 10.0 Å². The number of hydrogen-bond donors (Lipinski definition) is 1. The predicted molar refractivity (Wildman–Crippen MR) is 86.9 cm³/mol. The lowest BCUT2D eigenvalue weighted by Crippen LogP contribution is -2.48. The summed E-state index contributed by atoms with van der Waals surface area (Å²) in [6, 6.07) is 2.05. The Morgan fingerprint density at radius 2 is 2.05 bits per heavy atom. The Morgan fingerprint density at radius 1 is 1.29 bits per heavy atom. The Balaban J connectivity index is 1.81. The molecule has 118 valence electrons. The van der Waals surface area contributed by atoms with Crippen LogP contribution in [0.1, 0.15) is 32.1 Å². The van der Waals surface area contributed by atoms with Crippen molar-refractivity contribution in [1.82, 2.24) is 9.62 Å². The summed E-state index contributed by atoms with van der Waals surface area (Å²) in [6.45, 7) is 1.28. The minimum Gasteiger partial charge on any atom is -0.312 e. The SMILES string of the molecule is O=S(=O)(c1cc(Cl)sc1Cl)N1CCCCC1CNC1CC1. The first-order chi connectivity index (χ1) is 9.98. The molecule has 8 heteroatoms. The molecule has 1 aromatic rings. The maximum Gasteiger partial charge on any atom is 0.245 e. The average molecular weight is 369 g/mol. The van der Waals surface area contributed by atoms with E-state index < -0.39 is 10.0 Å². The van der Waals surface area contributed by atoms with Gasteiger partial charge in [-0.2, -0.15) is 4.31 Å². The fourth-order valence-corrected chi connectivity index (χ4v) is 6.52. The lowest BCUT2D eigenvalue weighted by Gasteiger charge is -2.34. The Hall–Kier alpha value is 0.150. The van der Waals surface area contributed by atoms with Crippen LogP contribution in [-0.4, -0.2) is 37.9 Å². The van der Waals surface area contributed by atoms with Crippen molar-refractivity contribution < 1.29 is 8.42 Å². The van der Waals surface area contributed by atoms with Gasteiger partial charge >= 0.3 is 0 Å². The predicted octanol–water partition coefficient (Wildman–Crippen LogP) is 3.35. The maximum absolute atomic E-state index is 12.9. The molecule has 4 nitrogen and oxygen atoms in total. The molecule has 1 saturated heterocycles. The molecule has 0 amide bonds. The molecule has 1 saturated carbocycles. The zero-order valence-corrected chi connectivity index (χ0v) is 14.7. The van der Waals surface area contributed by atoms with Gasteiger partial charge in [-0.1, -0.05) is 29.6 Å². The fourth-order valence-electron chi connectivity index (χ4n) is 2.71. The molecule has 1 unspecified atom stereocenters. The largest absolute Gasteiger partial charge is 0.312 e. The molecule has 2 fully saturated rings. The summed E-state index contributed by atoms with van der Waals surface area (Å²) in [5.41, 5.74) is 0. The second-order valence-corrected chi connectivity index (χ2v) is 9.78. The lowest BCUT2D eigenvalue weighted by molar-refractivity contribution is 0.245. The van der Waals surface area contributed by atoms with Crippen LogP contribution < -0.4 is 5.32 Å². The van der Waals surface area contributed by atoms with Crippen LogP contribution in [0.2, 0.25) is 8.67 Å². The molecule has 0 spiro atoms. The van der Waals surface area contributed by atoms with E-state index in [1.807, 2.05) is 0 Å². The molecule has 3 rings (SSSR count). The zero-order chi connectivity index (χ0) is 15.0. The van der Waals surface area contributed by atoms with Gasteiger partial charge in [-0.15, -0.1) is 11.3 Å². The van der Waals surface area contributed by atoms with Gasteiger partial charge in [-0.25, -0.2) is 8.42 Å². The van der Waals surface area contributed by atoms with E-state index in [4.69, 9.17) is 23.2 Å². The quantitative estimate of drug-likeness (QED) is 0.866. The van der Waals surface area contributed by atoms with Gasteiger partial charge in [0.15, 0.2) is 0 Å². The molecule has 1 aliphatic carbocycles. The Labute approximate surface area is 139 Å². The molecule has 2 heterocycles. The topological polar surface area (TPSA) is 49.4 Å². The van der Waals surface area contributed by atoms with E-state index in [0.29, 0.717) is 16.9 Å². The fraction of sp³-hybridized carbons (Fsp3) is 0.692. The first kappa shape index (κ1) is 16.0. The van der Waals surface area contributed by atoms with Gasteiger partial charge in [-0.05, 0) is 31.7 Å². The smallest absolute Gasteiger partial charge is 0.245 e. The first-order valence-electron chi connectivity index (χ1n) is 7.18. The summed E-state index contributed by atoms with van der Waals surface area (Å²) in [4.78, 5) is 0.150. The van der Waals surface area contributed by atoms with Crippen LogP contribution in [0, 0.1) is 0 Å². The number of nitrogens with zero attached hydrogens (tertiary/aromatic N) is 1. The molecule has 0 bridgehead atoms. The third kappa shape index (κ3) is 3.57. The van der Waals surface area contributed by atoms with Crippen molar-refractivity contribution >= 4 is 44.6 Å². The molecule has 1 aromatic heterocycles. The van der Waals surface area contributed by atoms with Gasteiger partial charge in [0.05, 0.1) is 4.34 Å². The van der Waals surface area contributed by atoms with Crippen molar-refractivity contribution in [2.75, 3.05) is 13.1 Å². The number of thiophene rings is 1. The molecular weight excluding hydrogens is 351 g/mol. The molecule has 1 aliphatic heterocycles. The highest BCUT2D eigenvalue weighted by molar-refractivity contribution is 7.89. The number of rotatable bonds is 5. The number of hydrogen-bond acceptors (Lipinski definition) is 4. The van der Waals surface area contributed by atoms with Gasteiger partial charge in [0, 0.05) is 25.2 Å². The summed E-state index contributed by atoms with van der Waals surface area (Å²) >= 11 is 13.0. The van der Waals surface area contributed by atoms with Crippen molar-refractivity contribution in [3.63, 3.8) is 0 Å². The van der Waals surface area contributed by atoms with Crippen molar-refractivity contribution in [2.24, 2.45) is 0 Å². The van der Waals surface area contributed by atoms with E-state index in [2.05, 4.69) is 5.32 Å². The third-order valence-corrected chi connectivity index (χ3v) is 7.71. The van der Waals surface area contributed by atoms with Crippen molar-refractivity contribution in [2.45, 2.75) is 49.1 Å². The van der Waals surface area contributed by atoms with E-state index in [1.54, 1.807) is 4.31 Å². The lowest BCUT2D eigenvalue weighted by atomic mass is 10.1. The summed E-state index contributed by atoms with van der Waals surface area (Å²) in [7, 11) is -3.56. The molecule has 0 aromatic carbocycles. The van der Waals surface area contributed by atoms with Gasteiger partial charge in [0.25, 0.3) is 0 Å². The van der Waals surface area contributed by atoms with E-state index in [9.17, 15) is 8.42 Å². The minimum atomic E-state index is -3.56. The van der Waals surface area contributed by atoms with E-state index in [1.165, 1.54) is 18.9 Å². The Bertz CT molecular complexity index is 614. The van der Waals surface area contributed by atoms with E-state index in [-0.39, 0.29) is 15.3 Å². The van der Waals surface area contributed by atoms with Gasteiger partial charge in [-0.3, -0.25) is 0 Å². The van der Waals surface area contributed by atoms with Crippen LogP contribution in [0.15, 0.2) is 11.0 Å². The van der Waals surface area contributed by atoms with Gasteiger partial charge in [0.1, 0.15) is 9.23 Å². The number of halogens is 2. The highest BCUT2D eigenvalue weighted by Gasteiger charge is 2.36. The summed E-state index contributed by atoms with van der Waals surface area (Å²) in [5, 5.41) is 3.44. The van der Waals surface area contributed by atoms with Crippen LogP contribution in [0.4, 0.5) is 0 Å². The standard InChI is InChI=1S/C13H18Cl2N2O2S2/c14-12-7-11(13(15)20-12)21(18,19)17-6-2-1-3-10(17)8-16-9-4-5-9/h7,9-10,16H,1-6,8H2. The molecular formula is C13H18Cl2N2O2S2. The van der Waals surface area contributed by atoms with Crippen LogP contribution in [0.25, 0.3) is 0 Å². The number of sulfonamides is 1. The highest BCUT2D eigenvalue weighted by atomic mass is 35.5. The summed E-state index contributed by atoms with van der Waals surface area (Å²) in [5.74, 6) is 0. The van der Waals surface area contributed by atoms with E-state index in [0.717, 1.165) is 37.1 Å². The van der Waals surface area contributed by atoms with E-state index >= 15 is 0 Å². The minimum absolute atomic E-state index is 0.0130. The van der Waals surface area contributed by atoms with Crippen LogP contribution >= 0.6 is 34.5 Å². The van der Waals surface area contributed by atoms with Crippen molar-refractivity contribution in [3.8, 4) is 0 Å². The Morgan fingerprint density at radius 3 is 2.67 bits per heavy atom. The average Bonchev–Trinajstić information content (AvgIpc) is 3.20. The van der Waals surface area contributed by atoms with Gasteiger partial charge in [0.2, 0.25) is 10.0 Å². The Kier molecular flexibility index (Phi) is 4.83. The second-order valence-electron chi connectivity index (χ2n) is 5.64. The second kappa shape index (κ2) is 6.34. The summed E-state index contributed by atoms with van der Waals surface area (Å²) < 4.78 is 28.0. The van der Waals surface area contributed by atoms with Gasteiger partial charge < -0.3 is 5.32 Å². The molecule has 1 N–H and O–H groups in total. The van der Waals surface area contributed by atoms with Crippen LogP contribution in [0.3, 0.4) is 0 Å². The maximum atomic E-state index is 12.9. The number of piperidine rings is 1. The normalized spacial score (nSPS) is 24.4. The molecule has 0 radical (unpaired) electrons. The van der Waals surface area contributed by atoms with Crippen molar-refractivity contribution in [3.05, 3.63) is 14.7 Å². The van der Waals surface area contributed by atoms with Crippen molar-refractivity contribution in [1.29, 1.82) is 0 Å². The zero-order valence-electron chi connectivity index (χ0n) is 11.5. The third-order valence-electron chi connectivity index (χ3n) is 4.00. The summed E-state index contributed by atoms with van der Waals surface area (Å²) in [6.07, 6.45) is 5.26. The monoisotopic (exact) mass is 368 g/mol. The first-order valence-corrected chi connectivity index (χ1v) is 10.2. The van der Waals surface area contributed by atoms with Crippen LogP contribution in [0.5, 0.6) is 0 Å².